The van der Waals surface area contributed by atoms with Crippen molar-refractivity contribution >= 4 is 50.6 Å². The minimum atomic E-state index is -3.85. The van der Waals surface area contributed by atoms with Crippen molar-refractivity contribution in [3.8, 4) is 0 Å². The quantitative estimate of drug-likeness (QED) is 0.514. The molecule has 0 fully saturated rings. The summed E-state index contributed by atoms with van der Waals surface area (Å²) in [5.74, 6) is 0. The summed E-state index contributed by atoms with van der Waals surface area (Å²) in [6, 6.07) is 13.4. The number of benzene rings is 2. The van der Waals surface area contributed by atoms with Gasteiger partial charge in [-0.2, -0.15) is 0 Å². The maximum absolute atomic E-state index is 12.5. The zero-order valence-corrected chi connectivity index (χ0v) is 17.2. The summed E-state index contributed by atoms with van der Waals surface area (Å²) in [4.78, 5) is 16.0. The number of rotatable bonds is 6. The van der Waals surface area contributed by atoms with Gasteiger partial charge in [-0.1, -0.05) is 29.3 Å². The van der Waals surface area contributed by atoms with E-state index in [9.17, 15) is 13.2 Å². The molecular formula is C19H16Cl2N4O3S. The van der Waals surface area contributed by atoms with Crippen LogP contribution in [0.3, 0.4) is 0 Å². The highest BCUT2D eigenvalue weighted by Gasteiger charge is 2.16. The van der Waals surface area contributed by atoms with E-state index in [1.165, 1.54) is 42.5 Å². The van der Waals surface area contributed by atoms with Crippen LogP contribution in [0.5, 0.6) is 0 Å². The number of pyridine rings is 1. The monoisotopic (exact) mass is 450 g/mol. The average Bonchev–Trinajstić information content (AvgIpc) is 2.70. The number of carbonyl (C=O) groups excluding carboxylic acids is 1. The molecule has 29 heavy (non-hydrogen) atoms. The number of hydrogen-bond donors (Lipinski definition) is 3. The number of aromatic nitrogens is 1. The Hall–Kier alpha value is -2.81. The number of anilines is 2. The SMILES string of the molecule is O=C(NCc1cccnc1)Nc1ccc(S(=O)(=O)Nc2ccc(Cl)cc2Cl)cc1. The van der Waals surface area contributed by atoms with Crippen LogP contribution >= 0.6 is 23.2 Å². The first-order valence-corrected chi connectivity index (χ1v) is 10.6. The van der Waals surface area contributed by atoms with E-state index in [0.29, 0.717) is 17.3 Å². The fourth-order valence-corrected chi connectivity index (χ4v) is 3.95. The number of hydrogen-bond acceptors (Lipinski definition) is 4. The highest BCUT2D eigenvalue weighted by molar-refractivity contribution is 7.92. The summed E-state index contributed by atoms with van der Waals surface area (Å²) in [5.41, 5.74) is 1.52. The van der Waals surface area contributed by atoms with Crippen molar-refractivity contribution in [3.63, 3.8) is 0 Å². The second-order valence-corrected chi connectivity index (χ2v) is 8.45. The molecule has 3 rings (SSSR count). The van der Waals surface area contributed by atoms with Gasteiger partial charge in [0.05, 0.1) is 15.6 Å². The van der Waals surface area contributed by atoms with Gasteiger partial charge in [0.25, 0.3) is 10.0 Å². The third-order valence-electron chi connectivity index (χ3n) is 3.77. The molecule has 0 saturated heterocycles. The van der Waals surface area contributed by atoms with Gasteiger partial charge < -0.3 is 10.6 Å². The summed E-state index contributed by atoms with van der Waals surface area (Å²) in [5, 5.41) is 5.91. The average molecular weight is 451 g/mol. The third kappa shape index (κ3) is 5.83. The molecule has 10 heteroatoms. The molecule has 0 aliphatic heterocycles. The maximum Gasteiger partial charge on any atom is 0.319 e. The molecule has 1 heterocycles. The van der Waals surface area contributed by atoms with Gasteiger partial charge >= 0.3 is 6.03 Å². The molecular weight excluding hydrogens is 435 g/mol. The van der Waals surface area contributed by atoms with Crippen molar-refractivity contribution in [3.05, 3.63) is 82.6 Å². The lowest BCUT2D eigenvalue weighted by atomic mass is 10.3. The Labute approximate surface area is 178 Å². The molecule has 3 aromatic rings. The topological polar surface area (TPSA) is 100 Å². The van der Waals surface area contributed by atoms with Crippen molar-refractivity contribution in [2.45, 2.75) is 11.4 Å². The van der Waals surface area contributed by atoms with Gasteiger partial charge in [-0.15, -0.1) is 0 Å². The molecule has 2 amide bonds. The van der Waals surface area contributed by atoms with Crippen LogP contribution in [-0.2, 0) is 16.6 Å². The van der Waals surface area contributed by atoms with Crippen LogP contribution in [0.1, 0.15) is 5.56 Å². The van der Waals surface area contributed by atoms with E-state index >= 15 is 0 Å². The van der Waals surface area contributed by atoms with E-state index in [-0.39, 0.29) is 15.6 Å². The number of halogens is 2. The first-order chi connectivity index (χ1) is 13.8. The molecule has 0 radical (unpaired) electrons. The lowest BCUT2D eigenvalue weighted by Crippen LogP contribution is -2.28. The standard InChI is InChI=1S/C19H16Cl2N4O3S/c20-14-3-8-18(17(21)10-14)25-29(27,28)16-6-4-15(5-7-16)24-19(26)23-12-13-2-1-9-22-11-13/h1-11,25H,12H2,(H2,23,24,26). The Morgan fingerprint density at radius 2 is 1.79 bits per heavy atom. The maximum atomic E-state index is 12.5. The summed E-state index contributed by atoms with van der Waals surface area (Å²) in [7, 11) is -3.85. The minimum Gasteiger partial charge on any atom is -0.334 e. The Morgan fingerprint density at radius 3 is 2.45 bits per heavy atom. The Bertz CT molecular complexity index is 1110. The van der Waals surface area contributed by atoms with Crippen LogP contribution < -0.4 is 15.4 Å². The largest absolute Gasteiger partial charge is 0.334 e. The van der Waals surface area contributed by atoms with Crippen molar-refractivity contribution in [2.75, 3.05) is 10.0 Å². The summed E-state index contributed by atoms with van der Waals surface area (Å²) in [6.45, 7) is 0.317. The van der Waals surface area contributed by atoms with E-state index in [4.69, 9.17) is 23.2 Å². The normalized spacial score (nSPS) is 11.0. The predicted molar refractivity (Wildman–Crippen MR) is 114 cm³/mol. The molecule has 0 aliphatic carbocycles. The molecule has 0 bridgehead atoms. The number of carbonyl (C=O) groups is 1. The molecule has 0 atom stereocenters. The molecule has 2 aromatic carbocycles. The highest BCUT2D eigenvalue weighted by atomic mass is 35.5. The van der Waals surface area contributed by atoms with Gasteiger partial charge in [-0.25, -0.2) is 13.2 Å². The van der Waals surface area contributed by atoms with Crippen molar-refractivity contribution in [1.29, 1.82) is 0 Å². The van der Waals surface area contributed by atoms with Crippen LogP contribution in [0.25, 0.3) is 0 Å². The summed E-state index contributed by atoms with van der Waals surface area (Å²) in [6.07, 6.45) is 3.30. The first kappa shape index (κ1) is 20.9. The molecule has 1 aromatic heterocycles. The van der Waals surface area contributed by atoms with Crippen molar-refractivity contribution in [1.82, 2.24) is 10.3 Å². The number of sulfonamides is 1. The Balaban J connectivity index is 1.62. The molecule has 7 nitrogen and oxygen atoms in total. The van der Waals surface area contributed by atoms with E-state index in [0.717, 1.165) is 5.56 Å². The van der Waals surface area contributed by atoms with Crippen LogP contribution in [-0.4, -0.2) is 19.4 Å². The fraction of sp³-hybridized carbons (Fsp3) is 0.0526. The van der Waals surface area contributed by atoms with E-state index in [2.05, 4.69) is 20.3 Å². The molecule has 150 valence electrons. The molecule has 0 unspecified atom stereocenters. The molecule has 0 saturated carbocycles. The number of urea groups is 1. The zero-order valence-electron chi connectivity index (χ0n) is 14.9. The van der Waals surface area contributed by atoms with Gasteiger partial charge in [-0.05, 0) is 54.1 Å². The molecule has 0 aliphatic rings. The van der Waals surface area contributed by atoms with Gasteiger partial charge in [0, 0.05) is 29.6 Å². The van der Waals surface area contributed by atoms with Crippen LogP contribution in [0.15, 0.2) is 71.9 Å². The van der Waals surface area contributed by atoms with Crippen LogP contribution in [0, 0.1) is 0 Å². The van der Waals surface area contributed by atoms with Crippen molar-refractivity contribution < 1.29 is 13.2 Å². The summed E-state index contributed by atoms with van der Waals surface area (Å²) < 4.78 is 27.5. The van der Waals surface area contributed by atoms with E-state index in [1.807, 2.05) is 6.07 Å². The van der Waals surface area contributed by atoms with Crippen LogP contribution in [0.4, 0.5) is 16.2 Å². The fourth-order valence-electron chi connectivity index (χ4n) is 2.35. The first-order valence-electron chi connectivity index (χ1n) is 8.35. The predicted octanol–water partition coefficient (Wildman–Crippen LogP) is 4.51. The second kappa shape index (κ2) is 9.13. The number of amides is 2. The Kier molecular flexibility index (Phi) is 6.58. The van der Waals surface area contributed by atoms with Gasteiger partial charge in [0.2, 0.25) is 0 Å². The number of nitrogens with one attached hydrogen (secondary N) is 3. The number of nitrogens with zero attached hydrogens (tertiary/aromatic N) is 1. The van der Waals surface area contributed by atoms with Gasteiger partial charge in [0.15, 0.2) is 0 Å². The Morgan fingerprint density at radius 1 is 1.03 bits per heavy atom. The lowest BCUT2D eigenvalue weighted by Gasteiger charge is -2.11. The van der Waals surface area contributed by atoms with Crippen molar-refractivity contribution in [2.24, 2.45) is 0 Å². The third-order valence-corrected chi connectivity index (χ3v) is 5.70. The molecule has 3 N–H and O–H groups in total. The second-order valence-electron chi connectivity index (χ2n) is 5.92. The smallest absolute Gasteiger partial charge is 0.319 e. The lowest BCUT2D eigenvalue weighted by molar-refractivity contribution is 0.251. The van der Waals surface area contributed by atoms with E-state index < -0.39 is 16.1 Å². The highest BCUT2D eigenvalue weighted by Crippen LogP contribution is 2.27. The zero-order chi connectivity index (χ0) is 20.9. The van der Waals surface area contributed by atoms with E-state index in [1.54, 1.807) is 18.5 Å². The van der Waals surface area contributed by atoms with Gasteiger partial charge in [0.1, 0.15) is 0 Å². The molecule has 0 spiro atoms. The minimum absolute atomic E-state index is 0.0184. The van der Waals surface area contributed by atoms with Crippen LogP contribution in [0.2, 0.25) is 10.0 Å². The summed E-state index contributed by atoms with van der Waals surface area (Å²) >= 11 is 11.8. The van der Waals surface area contributed by atoms with Gasteiger partial charge in [-0.3, -0.25) is 9.71 Å².